The van der Waals surface area contributed by atoms with Gasteiger partial charge in [0.25, 0.3) is 5.91 Å². The van der Waals surface area contributed by atoms with Crippen molar-refractivity contribution >= 4 is 5.91 Å². The van der Waals surface area contributed by atoms with Crippen molar-refractivity contribution in [3.8, 4) is 0 Å². The Labute approximate surface area is 147 Å². The Morgan fingerprint density at radius 3 is 2.96 bits per heavy atom. The molecule has 2 aromatic rings. The highest BCUT2D eigenvalue weighted by Crippen LogP contribution is 2.25. The van der Waals surface area contributed by atoms with Crippen LogP contribution in [0.2, 0.25) is 0 Å². The lowest BCUT2D eigenvalue weighted by Gasteiger charge is -2.25. The van der Waals surface area contributed by atoms with E-state index < -0.39 is 5.82 Å². The monoisotopic (exact) mass is 345 g/mol. The minimum Gasteiger partial charge on any atom is -0.445 e. The molecule has 25 heavy (non-hydrogen) atoms. The summed E-state index contributed by atoms with van der Waals surface area (Å²) < 4.78 is 20.0. The van der Waals surface area contributed by atoms with E-state index in [-0.39, 0.29) is 17.4 Å². The maximum atomic E-state index is 14.2. The number of carbonyl (C=O) groups is 1. The van der Waals surface area contributed by atoms with E-state index in [1.165, 1.54) is 6.07 Å². The van der Waals surface area contributed by atoms with E-state index in [1.807, 2.05) is 13.8 Å². The molecule has 2 N–H and O–H groups in total. The number of aromatic nitrogens is 1. The fraction of sp³-hybridized carbons (Fsp3) is 0.474. The molecular weight excluding hydrogens is 321 g/mol. The second-order valence-electron chi connectivity index (χ2n) is 6.76. The summed E-state index contributed by atoms with van der Waals surface area (Å²) in [6.45, 7) is 5.46. The van der Waals surface area contributed by atoms with E-state index in [9.17, 15) is 9.18 Å². The average molecular weight is 345 g/mol. The van der Waals surface area contributed by atoms with Gasteiger partial charge in [-0.3, -0.25) is 4.79 Å². The zero-order valence-corrected chi connectivity index (χ0v) is 14.7. The van der Waals surface area contributed by atoms with Gasteiger partial charge in [-0.25, -0.2) is 9.37 Å². The number of nitrogens with two attached hydrogens (primary N) is 1. The summed E-state index contributed by atoms with van der Waals surface area (Å²) in [4.78, 5) is 18.9. The number of hydrogen-bond acceptors (Lipinski definition) is 4. The molecule has 6 heteroatoms. The minimum absolute atomic E-state index is 0.116. The third kappa shape index (κ3) is 3.74. The topological polar surface area (TPSA) is 72.4 Å². The Kier molecular flexibility index (Phi) is 5.18. The second-order valence-corrected chi connectivity index (χ2v) is 6.76. The molecule has 0 radical (unpaired) electrons. The number of benzene rings is 1. The average Bonchev–Trinajstić information content (AvgIpc) is 3.04. The number of aryl methyl sites for hydroxylation is 1. The normalized spacial score (nSPS) is 14.0. The molecule has 0 unspecified atom stereocenters. The molecule has 1 aromatic heterocycles. The number of halogens is 1. The number of oxazole rings is 1. The Morgan fingerprint density at radius 2 is 2.24 bits per heavy atom. The van der Waals surface area contributed by atoms with Gasteiger partial charge in [0.05, 0.1) is 12.1 Å². The molecule has 1 aliphatic heterocycles. The molecule has 134 valence electrons. The number of rotatable bonds is 5. The number of nitrogens with zero attached hydrogens (tertiary/aromatic N) is 2. The molecule has 2 heterocycles. The van der Waals surface area contributed by atoms with Crippen LogP contribution in [-0.4, -0.2) is 28.9 Å². The van der Waals surface area contributed by atoms with Crippen LogP contribution in [0.3, 0.4) is 0 Å². The van der Waals surface area contributed by atoms with Crippen molar-refractivity contribution in [1.29, 1.82) is 0 Å². The number of amides is 1. The standard InChI is InChI=1S/C19H24FN3O2/c1-12(2)18-22-16-11-23(9-7-17(16)25-18)19(24)14-10-13(4-3-8-21)5-6-15(14)20/h5-6,10,12H,3-4,7-9,11,21H2,1-2H3. The number of fused-ring (bicyclic) bond motifs is 1. The van der Waals surface area contributed by atoms with Crippen LogP contribution in [0.4, 0.5) is 4.39 Å². The van der Waals surface area contributed by atoms with E-state index in [2.05, 4.69) is 4.98 Å². The first-order valence-electron chi connectivity index (χ1n) is 8.75. The summed E-state index contributed by atoms with van der Waals surface area (Å²) in [5.41, 5.74) is 7.35. The van der Waals surface area contributed by atoms with Crippen molar-refractivity contribution in [2.24, 2.45) is 5.73 Å². The summed E-state index contributed by atoms with van der Waals surface area (Å²) in [6.07, 6.45) is 2.15. The molecule has 1 aliphatic rings. The van der Waals surface area contributed by atoms with Crippen molar-refractivity contribution in [3.63, 3.8) is 0 Å². The van der Waals surface area contributed by atoms with Crippen LogP contribution in [-0.2, 0) is 19.4 Å². The summed E-state index contributed by atoms with van der Waals surface area (Å²) in [7, 11) is 0. The lowest BCUT2D eigenvalue weighted by atomic mass is 10.0. The Balaban J connectivity index is 1.79. The van der Waals surface area contributed by atoms with Crippen LogP contribution in [0.25, 0.3) is 0 Å². The molecule has 0 spiro atoms. The van der Waals surface area contributed by atoms with Gasteiger partial charge in [0, 0.05) is 18.9 Å². The fourth-order valence-electron chi connectivity index (χ4n) is 3.01. The first kappa shape index (κ1) is 17.6. The van der Waals surface area contributed by atoms with Crippen molar-refractivity contribution in [1.82, 2.24) is 9.88 Å². The molecule has 0 saturated carbocycles. The smallest absolute Gasteiger partial charge is 0.257 e. The molecule has 1 aromatic carbocycles. The molecule has 0 fully saturated rings. The van der Waals surface area contributed by atoms with Crippen LogP contribution in [0, 0.1) is 5.82 Å². The molecule has 3 rings (SSSR count). The van der Waals surface area contributed by atoms with Gasteiger partial charge in [-0.2, -0.15) is 0 Å². The van der Waals surface area contributed by atoms with E-state index in [1.54, 1.807) is 17.0 Å². The molecule has 0 bridgehead atoms. The largest absolute Gasteiger partial charge is 0.445 e. The molecular formula is C19H24FN3O2. The van der Waals surface area contributed by atoms with E-state index in [4.69, 9.17) is 10.2 Å². The molecule has 0 atom stereocenters. The summed E-state index contributed by atoms with van der Waals surface area (Å²) in [6, 6.07) is 4.72. The SMILES string of the molecule is CC(C)c1nc2c(o1)CCN(C(=O)c1cc(CCCN)ccc1F)C2. The van der Waals surface area contributed by atoms with Crippen molar-refractivity contribution in [2.75, 3.05) is 13.1 Å². The van der Waals surface area contributed by atoms with Gasteiger partial charge in [0.2, 0.25) is 0 Å². The highest BCUT2D eigenvalue weighted by atomic mass is 19.1. The summed E-state index contributed by atoms with van der Waals surface area (Å²) >= 11 is 0. The van der Waals surface area contributed by atoms with Gasteiger partial charge in [0.15, 0.2) is 5.89 Å². The minimum atomic E-state index is -0.490. The van der Waals surface area contributed by atoms with Gasteiger partial charge in [-0.15, -0.1) is 0 Å². The van der Waals surface area contributed by atoms with Gasteiger partial charge >= 0.3 is 0 Å². The van der Waals surface area contributed by atoms with E-state index in [0.717, 1.165) is 29.9 Å². The molecule has 0 aliphatic carbocycles. The predicted molar refractivity (Wildman–Crippen MR) is 92.8 cm³/mol. The van der Waals surface area contributed by atoms with Crippen molar-refractivity contribution in [3.05, 3.63) is 52.5 Å². The zero-order valence-electron chi connectivity index (χ0n) is 14.7. The molecule has 0 saturated heterocycles. The highest BCUT2D eigenvalue weighted by molar-refractivity contribution is 5.94. The zero-order chi connectivity index (χ0) is 18.0. The third-order valence-electron chi connectivity index (χ3n) is 4.46. The van der Waals surface area contributed by atoms with E-state index in [0.29, 0.717) is 31.9 Å². The van der Waals surface area contributed by atoms with Gasteiger partial charge < -0.3 is 15.1 Å². The van der Waals surface area contributed by atoms with Gasteiger partial charge in [0.1, 0.15) is 17.3 Å². The van der Waals surface area contributed by atoms with Crippen LogP contribution in [0.5, 0.6) is 0 Å². The number of hydrogen-bond donors (Lipinski definition) is 1. The van der Waals surface area contributed by atoms with E-state index >= 15 is 0 Å². The number of carbonyl (C=O) groups excluding carboxylic acids is 1. The highest BCUT2D eigenvalue weighted by Gasteiger charge is 2.28. The lowest BCUT2D eigenvalue weighted by molar-refractivity contribution is 0.0723. The first-order valence-corrected chi connectivity index (χ1v) is 8.75. The predicted octanol–water partition coefficient (Wildman–Crippen LogP) is 3.03. The molecule has 5 nitrogen and oxygen atoms in total. The molecule has 1 amide bonds. The van der Waals surface area contributed by atoms with Crippen LogP contribution >= 0.6 is 0 Å². The van der Waals surface area contributed by atoms with Crippen molar-refractivity contribution in [2.45, 2.75) is 45.6 Å². The Hall–Kier alpha value is -2.21. The fourth-order valence-corrected chi connectivity index (χ4v) is 3.01. The van der Waals surface area contributed by atoms with Crippen molar-refractivity contribution < 1.29 is 13.6 Å². The Morgan fingerprint density at radius 1 is 1.44 bits per heavy atom. The maximum Gasteiger partial charge on any atom is 0.257 e. The Bertz CT molecular complexity index is 770. The van der Waals surface area contributed by atoms with Crippen LogP contribution in [0.1, 0.15) is 59.5 Å². The van der Waals surface area contributed by atoms with Crippen LogP contribution in [0.15, 0.2) is 22.6 Å². The first-order chi connectivity index (χ1) is 12.0. The quantitative estimate of drug-likeness (QED) is 0.904. The summed E-state index contributed by atoms with van der Waals surface area (Å²) in [5.74, 6) is 0.938. The van der Waals surface area contributed by atoms with Crippen LogP contribution < -0.4 is 5.73 Å². The lowest BCUT2D eigenvalue weighted by Crippen LogP contribution is -2.36. The maximum absolute atomic E-state index is 14.2. The van der Waals surface area contributed by atoms with Gasteiger partial charge in [-0.1, -0.05) is 19.9 Å². The third-order valence-corrected chi connectivity index (χ3v) is 4.46. The van der Waals surface area contributed by atoms with Gasteiger partial charge in [-0.05, 0) is 37.1 Å². The summed E-state index contributed by atoms with van der Waals surface area (Å²) in [5, 5.41) is 0. The second kappa shape index (κ2) is 7.35.